The molecular weight excluding hydrogens is 187 g/mol. The van der Waals surface area contributed by atoms with E-state index in [1.807, 2.05) is 0 Å². The van der Waals surface area contributed by atoms with Crippen LogP contribution in [0.25, 0.3) is 0 Å². The number of alkyl halides is 1. The molecule has 0 fully saturated rings. The Hall–Kier alpha value is 0.545. The van der Waals surface area contributed by atoms with Gasteiger partial charge < -0.3 is 0 Å². The van der Waals surface area contributed by atoms with Gasteiger partial charge in [-0.15, -0.1) is 0 Å². The fraction of sp³-hybridized carbons (Fsp3) is 1.00. The molecule has 0 aromatic rings. The zero-order valence-electron chi connectivity index (χ0n) is 6.94. The minimum atomic E-state index is 0.418. The Morgan fingerprint density at radius 2 is 2.00 bits per heavy atom. The van der Waals surface area contributed by atoms with E-state index < -0.39 is 0 Å². The molecule has 2 heteroatoms. The van der Waals surface area contributed by atoms with Crippen LogP contribution < -0.4 is 0 Å². The third kappa shape index (κ3) is 5.34. The first-order chi connectivity index (χ1) is 4.70. The van der Waals surface area contributed by atoms with Gasteiger partial charge in [-0.3, -0.25) is 0 Å². The maximum Gasteiger partial charge on any atom is 0.0699 e. The summed E-state index contributed by atoms with van der Waals surface area (Å²) in [5, 5.41) is 1.10. The summed E-state index contributed by atoms with van der Waals surface area (Å²) in [4.78, 5) is 0. The summed E-state index contributed by atoms with van der Waals surface area (Å²) in [6, 6.07) is 0. The first-order valence-corrected chi connectivity index (χ1v) is 5.14. The van der Waals surface area contributed by atoms with Crippen molar-refractivity contribution in [1.29, 1.82) is 0 Å². The van der Waals surface area contributed by atoms with E-state index in [0.29, 0.717) is 5.82 Å². The predicted molar refractivity (Wildman–Crippen MR) is 52.0 cm³/mol. The Labute approximate surface area is 74.3 Å². The predicted octanol–water partition coefficient (Wildman–Crippen LogP) is 3.16. The minimum Gasteiger partial charge on any atom is -0.0925 e. The van der Waals surface area contributed by atoms with Crippen molar-refractivity contribution in [2.24, 2.45) is 5.92 Å². The third-order valence-corrected chi connectivity index (χ3v) is 2.92. The Kier molecular flexibility index (Phi) is 6.61. The van der Waals surface area contributed by atoms with Gasteiger partial charge in [0.1, 0.15) is 0 Å². The van der Waals surface area contributed by atoms with Crippen molar-refractivity contribution in [2.45, 2.75) is 38.9 Å². The van der Waals surface area contributed by atoms with Crippen LogP contribution in [-0.2, 0) is 0 Å². The van der Waals surface area contributed by atoms with Gasteiger partial charge in [0.2, 0.25) is 0 Å². The Morgan fingerprint density at radius 3 is 2.40 bits per heavy atom. The monoisotopic (exact) mass is 202 g/mol. The molecule has 0 nitrogen and oxygen atoms in total. The van der Waals surface area contributed by atoms with Crippen molar-refractivity contribution in [3.63, 3.8) is 0 Å². The van der Waals surface area contributed by atoms with Crippen LogP contribution in [0.5, 0.6) is 0 Å². The Morgan fingerprint density at radius 1 is 1.40 bits per heavy atom. The van der Waals surface area contributed by atoms with Crippen molar-refractivity contribution in [3.8, 4) is 0 Å². The molecule has 0 saturated heterocycles. The fourth-order valence-corrected chi connectivity index (χ4v) is 1.10. The molecule has 2 unspecified atom stereocenters. The summed E-state index contributed by atoms with van der Waals surface area (Å²) < 4.78 is 0. The molecule has 2 radical (unpaired) electrons. The van der Waals surface area contributed by atoms with Crippen molar-refractivity contribution in [1.82, 2.24) is 0 Å². The van der Waals surface area contributed by atoms with Crippen molar-refractivity contribution in [3.05, 3.63) is 0 Å². The highest BCUT2D eigenvalue weighted by molar-refractivity contribution is 9.09. The molecule has 0 aromatic carbocycles. The number of rotatable bonds is 5. The SMILES string of the molecule is [B]C(CC)CCC(C)CBr. The van der Waals surface area contributed by atoms with Crippen LogP contribution in [-0.4, -0.2) is 13.2 Å². The van der Waals surface area contributed by atoms with Gasteiger partial charge in [0, 0.05) is 5.33 Å². The molecule has 2 atom stereocenters. The van der Waals surface area contributed by atoms with Crippen LogP contribution in [0.1, 0.15) is 33.1 Å². The molecule has 0 spiro atoms. The van der Waals surface area contributed by atoms with E-state index in [-0.39, 0.29) is 0 Å². The highest BCUT2D eigenvalue weighted by atomic mass is 79.9. The van der Waals surface area contributed by atoms with E-state index in [1.165, 1.54) is 12.8 Å². The quantitative estimate of drug-likeness (QED) is 0.475. The van der Waals surface area contributed by atoms with E-state index in [2.05, 4.69) is 29.8 Å². The van der Waals surface area contributed by atoms with E-state index in [0.717, 1.165) is 17.7 Å². The van der Waals surface area contributed by atoms with Gasteiger partial charge >= 0.3 is 0 Å². The largest absolute Gasteiger partial charge is 0.0925 e. The van der Waals surface area contributed by atoms with E-state index >= 15 is 0 Å². The average Bonchev–Trinajstić information content (AvgIpc) is 1.99. The molecule has 58 valence electrons. The fourth-order valence-electron chi connectivity index (χ4n) is 0.780. The van der Waals surface area contributed by atoms with Gasteiger partial charge in [-0.05, 0) is 5.92 Å². The standard InChI is InChI=1S/C8H16BBr/c1-3-8(9)5-4-7(2)6-10/h7-8H,3-6H2,1-2H3. The molecule has 10 heavy (non-hydrogen) atoms. The summed E-state index contributed by atoms with van der Waals surface area (Å²) in [5.74, 6) is 1.19. The highest BCUT2D eigenvalue weighted by Crippen LogP contribution is 2.18. The number of halogens is 1. The van der Waals surface area contributed by atoms with Crippen LogP contribution in [0.4, 0.5) is 0 Å². The summed E-state index contributed by atoms with van der Waals surface area (Å²) in [6.45, 7) is 4.39. The van der Waals surface area contributed by atoms with E-state index in [9.17, 15) is 0 Å². The zero-order chi connectivity index (χ0) is 7.98. The molecule has 0 aliphatic rings. The lowest BCUT2D eigenvalue weighted by molar-refractivity contribution is 0.543. The third-order valence-electron chi connectivity index (χ3n) is 1.82. The summed E-state index contributed by atoms with van der Waals surface area (Å²) in [7, 11) is 5.76. The average molecular weight is 203 g/mol. The minimum absolute atomic E-state index is 0.418. The maximum absolute atomic E-state index is 5.76. The van der Waals surface area contributed by atoms with Gasteiger partial charge in [0.25, 0.3) is 0 Å². The lowest BCUT2D eigenvalue weighted by Crippen LogP contribution is -1.98. The lowest BCUT2D eigenvalue weighted by atomic mass is 9.80. The first-order valence-electron chi connectivity index (χ1n) is 4.02. The normalized spacial score (nSPS) is 16.7. The second-order valence-corrected chi connectivity index (χ2v) is 3.65. The Balaban J connectivity index is 3.17. The van der Waals surface area contributed by atoms with Crippen LogP contribution in [0, 0.1) is 5.92 Å². The van der Waals surface area contributed by atoms with Gasteiger partial charge in [-0.25, -0.2) is 0 Å². The van der Waals surface area contributed by atoms with Gasteiger partial charge in [-0.1, -0.05) is 54.9 Å². The maximum atomic E-state index is 5.76. The van der Waals surface area contributed by atoms with Gasteiger partial charge in [-0.2, -0.15) is 0 Å². The summed E-state index contributed by atoms with van der Waals surface area (Å²) in [6.07, 6.45) is 3.53. The summed E-state index contributed by atoms with van der Waals surface area (Å²) >= 11 is 3.45. The van der Waals surface area contributed by atoms with Crippen molar-refractivity contribution < 1.29 is 0 Å². The molecule has 0 bridgehead atoms. The van der Waals surface area contributed by atoms with Crippen molar-refractivity contribution in [2.75, 3.05) is 5.33 Å². The summed E-state index contributed by atoms with van der Waals surface area (Å²) in [5.41, 5.74) is 0. The van der Waals surface area contributed by atoms with Crippen LogP contribution in [0.2, 0.25) is 5.82 Å². The number of hydrogen-bond acceptors (Lipinski definition) is 0. The molecule has 0 heterocycles. The first kappa shape index (κ1) is 10.5. The topological polar surface area (TPSA) is 0 Å². The molecule has 0 rings (SSSR count). The zero-order valence-corrected chi connectivity index (χ0v) is 8.52. The van der Waals surface area contributed by atoms with Gasteiger partial charge in [0.15, 0.2) is 0 Å². The lowest BCUT2D eigenvalue weighted by Gasteiger charge is -2.11. The van der Waals surface area contributed by atoms with Crippen LogP contribution >= 0.6 is 15.9 Å². The molecule has 0 amide bonds. The van der Waals surface area contributed by atoms with Crippen LogP contribution in [0.15, 0.2) is 0 Å². The van der Waals surface area contributed by atoms with Crippen molar-refractivity contribution >= 4 is 23.8 Å². The van der Waals surface area contributed by atoms with E-state index in [4.69, 9.17) is 7.85 Å². The van der Waals surface area contributed by atoms with Crippen LogP contribution in [0.3, 0.4) is 0 Å². The number of hydrogen-bond donors (Lipinski definition) is 0. The molecule has 0 aliphatic heterocycles. The highest BCUT2D eigenvalue weighted by Gasteiger charge is 2.02. The molecule has 0 aliphatic carbocycles. The molecule has 0 N–H and O–H groups in total. The molecule has 0 aromatic heterocycles. The van der Waals surface area contributed by atoms with E-state index in [1.54, 1.807) is 0 Å². The second-order valence-electron chi connectivity index (χ2n) is 3.01. The molecular formula is C8H16BBr. The Bertz CT molecular complexity index is 65.7. The van der Waals surface area contributed by atoms with Gasteiger partial charge in [0.05, 0.1) is 7.85 Å². The molecule has 0 saturated carbocycles. The second kappa shape index (κ2) is 6.27. The smallest absolute Gasteiger partial charge is 0.0699 e.